The third-order valence-electron chi connectivity index (χ3n) is 5.42. The number of aromatic nitrogens is 4. The number of hydrogen-bond acceptors (Lipinski definition) is 6. The number of fused-ring (bicyclic) bond motifs is 3. The summed E-state index contributed by atoms with van der Waals surface area (Å²) in [5.41, 5.74) is 2.94. The second-order valence-electron chi connectivity index (χ2n) is 7.82. The Hall–Kier alpha value is -2.70. The molecule has 7 heteroatoms. The van der Waals surface area contributed by atoms with E-state index in [1.54, 1.807) is 0 Å². The molecule has 0 N–H and O–H groups in total. The molecule has 28 heavy (non-hydrogen) atoms. The Morgan fingerprint density at radius 3 is 2.68 bits per heavy atom. The van der Waals surface area contributed by atoms with Gasteiger partial charge in [0, 0.05) is 24.4 Å². The first-order valence-corrected chi connectivity index (χ1v) is 10.1. The smallest absolute Gasteiger partial charge is 0.309 e. The quantitative estimate of drug-likeness (QED) is 0.644. The monoisotopic (exact) mass is 381 g/mol. The summed E-state index contributed by atoms with van der Waals surface area (Å²) in [6, 6.07) is 6.23. The molecule has 0 unspecified atom stereocenters. The first kappa shape index (κ1) is 18.7. The summed E-state index contributed by atoms with van der Waals surface area (Å²) in [5, 5.41) is 9.99. The summed E-state index contributed by atoms with van der Waals surface area (Å²) in [5.74, 6) is 1.90. The van der Waals surface area contributed by atoms with Gasteiger partial charge in [-0.3, -0.25) is 4.79 Å². The van der Waals surface area contributed by atoms with Gasteiger partial charge in [0.2, 0.25) is 5.95 Å². The Morgan fingerprint density at radius 1 is 1.25 bits per heavy atom. The van der Waals surface area contributed by atoms with Crippen molar-refractivity contribution in [3.8, 4) is 0 Å². The lowest BCUT2D eigenvalue weighted by Crippen LogP contribution is -2.38. The number of anilines is 1. The van der Waals surface area contributed by atoms with E-state index in [-0.39, 0.29) is 17.8 Å². The van der Waals surface area contributed by atoms with Gasteiger partial charge in [0.05, 0.1) is 18.0 Å². The van der Waals surface area contributed by atoms with Crippen molar-refractivity contribution < 1.29 is 9.53 Å². The van der Waals surface area contributed by atoms with Crippen LogP contribution in [0.4, 0.5) is 5.95 Å². The molecular weight excluding hydrogens is 354 g/mol. The van der Waals surface area contributed by atoms with Crippen LogP contribution in [0.3, 0.4) is 0 Å². The maximum Gasteiger partial charge on any atom is 0.309 e. The first-order valence-electron chi connectivity index (χ1n) is 10.1. The van der Waals surface area contributed by atoms with Crippen LogP contribution in [0, 0.1) is 12.8 Å². The number of ether oxygens (including phenoxy) is 1. The van der Waals surface area contributed by atoms with Gasteiger partial charge in [-0.05, 0) is 38.8 Å². The minimum Gasteiger partial charge on any atom is -0.466 e. The molecule has 1 saturated heterocycles. The molecule has 3 aromatic rings. The topological polar surface area (TPSA) is 72.6 Å². The largest absolute Gasteiger partial charge is 0.466 e. The summed E-state index contributed by atoms with van der Waals surface area (Å²) < 4.78 is 7.30. The number of carbonyl (C=O) groups excluding carboxylic acids is 1. The van der Waals surface area contributed by atoms with Gasteiger partial charge in [0.25, 0.3) is 0 Å². The first-order chi connectivity index (χ1) is 13.5. The molecule has 1 aromatic carbocycles. The second-order valence-corrected chi connectivity index (χ2v) is 7.82. The molecule has 0 amide bonds. The maximum atomic E-state index is 12.1. The summed E-state index contributed by atoms with van der Waals surface area (Å²) >= 11 is 0. The number of aryl methyl sites for hydroxylation is 1. The van der Waals surface area contributed by atoms with Crippen molar-refractivity contribution >= 4 is 28.5 Å². The molecule has 2 aromatic heterocycles. The van der Waals surface area contributed by atoms with Crippen LogP contribution in [0.1, 0.15) is 50.9 Å². The normalized spacial score (nSPS) is 15.7. The van der Waals surface area contributed by atoms with Crippen LogP contribution >= 0.6 is 0 Å². The molecule has 0 atom stereocenters. The fourth-order valence-electron chi connectivity index (χ4n) is 3.91. The van der Waals surface area contributed by atoms with E-state index in [9.17, 15) is 4.79 Å². The van der Waals surface area contributed by atoms with Gasteiger partial charge in [-0.1, -0.05) is 25.5 Å². The Bertz CT molecular complexity index is 1020. The minimum atomic E-state index is -0.0820. The molecule has 0 radical (unpaired) electrons. The molecule has 148 valence electrons. The van der Waals surface area contributed by atoms with Crippen molar-refractivity contribution in [3.05, 3.63) is 29.6 Å². The third-order valence-corrected chi connectivity index (χ3v) is 5.42. The highest BCUT2D eigenvalue weighted by Gasteiger charge is 2.29. The van der Waals surface area contributed by atoms with Gasteiger partial charge < -0.3 is 9.64 Å². The molecule has 1 aliphatic heterocycles. The fraction of sp³-hybridized carbons (Fsp3) is 0.524. The van der Waals surface area contributed by atoms with Crippen molar-refractivity contribution in [2.75, 3.05) is 24.6 Å². The minimum absolute atomic E-state index is 0.0275. The van der Waals surface area contributed by atoms with Gasteiger partial charge >= 0.3 is 5.97 Å². The van der Waals surface area contributed by atoms with Crippen LogP contribution in [-0.4, -0.2) is 45.2 Å². The molecule has 1 aliphatic rings. The Labute approximate surface area is 164 Å². The Kier molecular flexibility index (Phi) is 4.91. The van der Waals surface area contributed by atoms with Gasteiger partial charge in [-0.2, -0.15) is 0 Å². The van der Waals surface area contributed by atoms with Gasteiger partial charge in [0.1, 0.15) is 5.82 Å². The SMILES string of the molecule is CCOC(=O)C1CCN(c2nc3ccc(C)cc3c3nnc(C(C)C)n23)CC1. The summed E-state index contributed by atoms with van der Waals surface area (Å²) in [6.45, 7) is 10.1. The lowest BCUT2D eigenvalue weighted by Gasteiger charge is -2.32. The molecule has 0 bridgehead atoms. The fourth-order valence-corrected chi connectivity index (χ4v) is 3.91. The summed E-state index contributed by atoms with van der Waals surface area (Å²) in [4.78, 5) is 19.3. The molecule has 4 rings (SSSR count). The van der Waals surface area contributed by atoms with Crippen molar-refractivity contribution in [2.24, 2.45) is 5.92 Å². The Morgan fingerprint density at radius 2 is 2.00 bits per heavy atom. The Balaban J connectivity index is 1.77. The summed E-state index contributed by atoms with van der Waals surface area (Å²) in [7, 11) is 0. The highest BCUT2D eigenvalue weighted by Crippen LogP contribution is 2.30. The van der Waals surface area contributed by atoms with Crippen LogP contribution < -0.4 is 4.90 Å². The maximum absolute atomic E-state index is 12.1. The van der Waals surface area contributed by atoms with Gasteiger partial charge in [-0.25, -0.2) is 9.38 Å². The number of benzene rings is 1. The van der Waals surface area contributed by atoms with E-state index < -0.39 is 0 Å². The molecule has 7 nitrogen and oxygen atoms in total. The zero-order valence-corrected chi connectivity index (χ0v) is 17.0. The van der Waals surface area contributed by atoms with Crippen LogP contribution in [0.25, 0.3) is 16.6 Å². The van der Waals surface area contributed by atoms with E-state index in [4.69, 9.17) is 9.72 Å². The highest BCUT2D eigenvalue weighted by atomic mass is 16.5. The molecular formula is C21H27N5O2. The van der Waals surface area contributed by atoms with E-state index in [0.29, 0.717) is 6.61 Å². The standard InChI is InChI=1S/C21H27N5O2/c1-5-28-20(27)15-8-10-25(11-9-15)21-22-17-7-6-14(4)12-16(17)19-24-23-18(13(2)3)26(19)21/h6-7,12-13,15H,5,8-11H2,1-4H3. The number of piperidine rings is 1. The van der Waals surface area contributed by atoms with E-state index >= 15 is 0 Å². The zero-order chi connectivity index (χ0) is 19.8. The van der Waals surface area contributed by atoms with Crippen molar-refractivity contribution in [1.29, 1.82) is 0 Å². The number of esters is 1. The average molecular weight is 381 g/mol. The molecule has 0 aliphatic carbocycles. The molecule has 3 heterocycles. The third kappa shape index (κ3) is 3.19. The van der Waals surface area contributed by atoms with Crippen molar-refractivity contribution in [2.45, 2.75) is 46.5 Å². The van der Waals surface area contributed by atoms with Crippen LogP contribution in [0.2, 0.25) is 0 Å². The van der Waals surface area contributed by atoms with Crippen molar-refractivity contribution in [1.82, 2.24) is 19.6 Å². The predicted molar refractivity (Wildman–Crippen MR) is 109 cm³/mol. The zero-order valence-electron chi connectivity index (χ0n) is 17.0. The van der Waals surface area contributed by atoms with Gasteiger partial charge in [0.15, 0.2) is 5.65 Å². The second kappa shape index (κ2) is 7.37. The van der Waals surface area contributed by atoms with E-state index in [1.807, 2.05) is 13.0 Å². The van der Waals surface area contributed by atoms with E-state index in [0.717, 1.165) is 54.3 Å². The lowest BCUT2D eigenvalue weighted by molar-refractivity contribution is -0.148. The van der Waals surface area contributed by atoms with Crippen LogP contribution in [-0.2, 0) is 9.53 Å². The van der Waals surface area contributed by atoms with Crippen LogP contribution in [0.5, 0.6) is 0 Å². The van der Waals surface area contributed by atoms with Crippen LogP contribution in [0.15, 0.2) is 18.2 Å². The van der Waals surface area contributed by atoms with Gasteiger partial charge in [-0.15, -0.1) is 10.2 Å². The van der Waals surface area contributed by atoms with E-state index in [1.165, 1.54) is 5.56 Å². The highest BCUT2D eigenvalue weighted by molar-refractivity contribution is 5.93. The predicted octanol–water partition coefficient (Wildman–Crippen LogP) is 3.49. The molecule has 0 saturated carbocycles. The molecule has 0 spiro atoms. The average Bonchev–Trinajstić information content (AvgIpc) is 3.14. The number of rotatable bonds is 4. The van der Waals surface area contributed by atoms with E-state index in [2.05, 4.69) is 52.4 Å². The summed E-state index contributed by atoms with van der Waals surface area (Å²) in [6.07, 6.45) is 1.54. The number of carbonyl (C=O) groups is 1. The number of hydrogen-bond donors (Lipinski definition) is 0. The lowest BCUT2D eigenvalue weighted by atomic mass is 9.97. The molecule has 1 fully saturated rings. The number of nitrogens with zero attached hydrogens (tertiary/aromatic N) is 5. The van der Waals surface area contributed by atoms with Crippen molar-refractivity contribution in [3.63, 3.8) is 0 Å².